The standard InChI is InChI=1S/C25H28O13/c1-13(2)36-22(27)23(8-3-9-23)12-35-19-16(14-4-5-17-15(10-14)11-34-21(17)26)6-7-18(37-24(28,29)30)20(19)38-25(31,32)33/h4-7,10,13,28-33H,3,8-9,11-12H2,1-2H3. The van der Waals surface area contributed by atoms with Gasteiger partial charge in [0.05, 0.1) is 11.7 Å². The first-order chi connectivity index (χ1) is 17.7. The van der Waals surface area contributed by atoms with Crippen molar-refractivity contribution in [3.05, 3.63) is 41.5 Å². The third-order valence-electron chi connectivity index (χ3n) is 6.14. The van der Waals surface area contributed by atoms with Crippen LogP contribution in [0.15, 0.2) is 30.3 Å². The molecule has 38 heavy (non-hydrogen) atoms. The molecule has 13 heteroatoms. The molecule has 2 aliphatic rings. The highest BCUT2D eigenvalue weighted by Crippen LogP contribution is 2.49. The van der Waals surface area contributed by atoms with Gasteiger partial charge in [0.2, 0.25) is 5.75 Å². The molecule has 206 valence electrons. The van der Waals surface area contributed by atoms with Crippen molar-refractivity contribution in [3.8, 4) is 28.4 Å². The van der Waals surface area contributed by atoms with Crippen LogP contribution in [0.3, 0.4) is 0 Å². The SMILES string of the molecule is CC(C)OC(=O)C1(COc2c(-c3ccc4c(c3)COC4=O)ccc(OC(O)(O)O)c2OC(O)(O)O)CCC1. The highest BCUT2D eigenvalue weighted by molar-refractivity contribution is 5.94. The van der Waals surface area contributed by atoms with Gasteiger partial charge in [0.1, 0.15) is 18.6 Å². The molecule has 0 radical (unpaired) electrons. The topological polar surface area (TPSA) is 202 Å². The number of aliphatic hydroxyl groups is 6. The number of carbonyl (C=O) groups excluding carboxylic acids is 2. The fourth-order valence-electron chi connectivity index (χ4n) is 4.24. The van der Waals surface area contributed by atoms with Gasteiger partial charge in [-0.05, 0) is 56.5 Å². The number of hydrogen-bond acceptors (Lipinski definition) is 13. The Balaban J connectivity index is 1.82. The number of cyclic esters (lactones) is 1. The van der Waals surface area contributed by atoms with E-state index >= 15 is 0 Å². The lowest BCUT2D eigenvalue weighted by Gasteiger charge is -2.39. The van der Waals surface area contributed by atoms with Crippen LogP contribution in [0.5, 0.6) is 17.2 Å². The zero-order valence-electron chi connectivity index (χ0n) is 20.5. The first-order valence-corrected chi connectivity index (χ1v) is 11.7. The summed E-state index contributed by atoms with van der Waals surface area (Å²) in [5.74, 6) is -2.74. The predicted octanol–water partition coefficient (Wildman–Crippen LogP) is 0.459. The molecule has 0 bridgehead atoms. The van der Waals surface area contributed by atoms with E-state index in [4.69, 9.17) is 18.9 Å². The number of hydrogen-bond donors (Lipinski definition) is 6. The number of ether oxygens (including phenoxy) is 5. The minimum absolute atomic E-state index is 0.0159. The Labute approximate surface area is 216 Å². The summed E-state index contributed by atoms with van der Waals surface area (Å²) in [6.45, 7) is 3.15. The summed E-state index contributed by atoms with van der Waals surface area (Å²) < 4.78 is 25.9. The molecule has 1 saturated carbocycles. The van der Waals surface area contributed by atoms with Crippen molar-refractivity contribution in [3.63, 3.8) is 0 Å². The lowest BCUT2D eigenvalue weighted by atomic mass is 9.69. The van der Waals surface area contributed by atoms with E-state index in [1.165, 1.54) is 12.1 Å². The van der Waals surface area contributed by atoms with Crippen LogP contribution in [-0.4, -0.2) is 67.6 Å². The van der Waals surface area contributed by atoms with E-state index < -0.39 is 41.2 Å². The van der Waals surface area contributed by atoms with Gasteiger partial charge in [-0.3, -0.25) is 4.79 Å². The Morgan fingerprint density at radius 2 is 1.63 bits per heavy atom. The molecule has 2 aromatic rings. The van der Waals surface area contributed by atoms with Gasteiger partial charge in [-0.15, -0.1) is 0 Å². The van der Waals surface area contributed by atoms with E-state index in [9.17, 15) is 40.2 Å². The second-order valence-corrected chi connectivity index (χ2v) is 9.45. The molecule has 0 aromatic heterocycles. The molecule has 1 aliphatic heterocycles. The van der Waals surface area contributed by atoms with E-state index in [1.807, 2.05) is 0 Å². The van der Waals surface area contributed by atoms with Crippen molar-refractivity contribution >= 4 is 11.9 Å². The van der Waals surface area contributed by atoms with Gasteiger partial charge in [0.15, 0.2) is 11.5 Å². The number of fused-ring (bicyclic) bond motifs is 1. The van der Waals surface area contributed by atoms with Gasteiger partial charge in [0.25, 0.3) is 0 Å². The van der Waals surface area contributed by atoms with Crippen molar-refractivity contribution < 1.29 is 63.9 Å². The Morgan fingerprint density at radius 1 is 0.974 bits per heavy atom. The van der Waals surface area contributed by atoms with E-state index in [0.717, 1.165) is 12.5 Å². The van der Waals surface area contributed by atoms with Crippen molar-refractivity contribution in [2.24, 2.45) is 5.41 Å². The molecule has 0 saturated heterocycles. The molecular formula is C25H28O13. The molecule has 2 aromatic carbocycles. The highest BCUT2D eigenvalue weighted by atomic mass is 16.9. The Bertz CT molecular complexity index is 1220. The van der Waals surface area contributed by atoms with Gasteiger partial charge in [-0.25, -0.2) is 4.79 Å². The summed E-state index contributed by atoms with van der Waals surface area (Å²) in [4.78, 5) is 24.7. The van der Waals surface area contributed by atoms with E-state index in [0.29, 0.717) is 29.5 Å². The molecule has 0 spiro atoms. The molecule has 0 unspecified atom stereocenters. The molecule has 13 nitrogen and oxygen atoms in total. The molecule has 0 amide bonds. The second kappa shape index (κ2) is 10.0. The maximum atomic E-state index is 12.8. The highest BCUT2D eigenvalue weighted by Gasteiger charge is 2.47. The summed E-state index contributed by atoms with van der Waals surface area (Å²) in [5, 5.41) is 56.8. The minimum atomic E-state index is -3.79. The van der Waals surface area contributed by atoms with Crippen LogP contribution in [-0.2, 0) is 20.9 Å². The predicted molar refractivity (Wildman–Crippen MR) is 124 cm³/mol. The molecule has 0 atom stereocenters. The van der Waals surface area contributed by atoms with Gasteiger partial charge in [-0.2, -0.15) is 0 Å². The van der Waals surface area contributed by atoms with Crippen LogP contribution in [0.2, 0.25) is 0 Å². The number of benzene rings is 2. The molecule has 1 heterocycles. The van der Waals surface area contributed by atoms with Crippen molar-refractivity contribution in [1.29, 1.82) is 0 Å². The summed E-state index contributed by atoms with van der Waals surface area (Å²) in [5.41, 5.74) is 0.492. The van der Waals surface area contributed by atoms with Crippen LogP contribution >= 0.6 is 0 Å². The quantitative estimate of drug-likeness (QED) is 0.181. The van der Waals surface area contributed by atoms with Crippen molar-refractivity contribution in [2.75, 3.05) is 6.61 Å². The third-order valence-corrected chi connectivity index (χ3v) is 6.14. The number of rotatable bonds is 10. The van der Waals surface area contributed by atoms with Gasteiger partial charge >= 0.3 is 24.3 Å². The van der Waals surface area contributed by atoms with Crippen LogP contribution < -0.4 is 14.2 Å². The molecule has 1 fully saturated rings. The third kappa shape index (κ3) is 5.99. The summed E-state index contributed by atoms with van der Waals surface area (Å²) in [6.07, 6.45) is -6.29. The Hall–Kier alpha value is -3.46. The smallest absolute Gasteiger partial charge is 0.453 e. The summed E-state index contributed by atoms with van der Waals surface area (Å²) >= 11 is 0. The minimum Gasteiger partial charge on any atom is -0.488 e. The maximum Gasteiger partial charge on any atom is 0.453 e. The first kappa shape index (κ1) is 27.6. The summed E-state index contributed by atoms with van der Waals surface area (Å²) in [7, 11) is 0. The molecule has 1 aliphatic carbocycles. The van der Waals surface area contributed by atoms with Crippen LogP contribution in [0, 0.1) is 5.41 Å². The molecule has 4 rings (SSSR count). The fourth-order valence-corrected chi connectivity index (χ4v) is 4.24. The lowest BCUT2D eigenvalue weighted by molar-refractivity contribution is -0.428. The van der Waals surface area contributed by atoms with Gasteiger partial charge in [0, 0.05) is 11.1 Å². The first-order valence-electron chi connectivity index (χ1n) is 11.7. The fraction of sp³-hybridized carbons (Fsp3) is 0.440. The van der Waals surface area contributed by atoms with Gasteiger partial charge < -0.3 is 54.3 Å². The van der Waals surface area contributed by atoms with Crippen LogP contribution in [0.1, 0.15) is 49.0 Å². The lowest BCUT2D eigenvalue weighted by Crippen LogP contribution is -2.45. The number of esters is 2. The van der Waals surface area contributed by atoms with Gasteiger partial charge in [-0.1, -0.05) is 12.5 Å². The Morgan fingerprint density at radius 3 is 2.21 bits per heavy atom. The molecule has 6 N–H and O–H groups in total. The van der Waals surface area contributed by atoms with E-state index in [2.05, 4.69) is 4.74 Å². The Kier molecular flexibility index (Phi) is 7.27. The second-order valence-electron chi connectivity index (χ2n) is 9.45. The van der Waals surface area contributed by atoms with Crippen molar-refractivity contribution in [2.45, 2.75) is 58.1 Å². The largest absolute Gasteiger partial charge is 0.488 e. The summed E-state index contributed by atoms with van der Waals surface area (Å²) in [6, 6.07) is 7.09. The average Bonchev–Trinajstić information content (AvgIpc) is 3.12. The van der Waals surface area contributed by atoms with E-state index in [-0.39, 0.29) is 30.6 Å². The number of carbonyl (C=O) groups is 2. The normalized spacial score (nSPS) is 16.4. The zero-order chi connectivity index (χ0) is 27.9. The van der Waals surface area contributed by atoms with E-state index in [1.54, 1.807) is 26.0 Å². The van der Waals surface area contributed by atoms with Crippen LogP contribution in [0.4, 0.5) is 0 Å². The average molecular weight is 536 g/mol. The zero-order valence-corrected chi connectivity index (χ0v) is 20.5. The maximum absolute atomic E-state index is 12.8. The monoisotopic (exact) mass is 536 g/mol. The molecular weight excluding hydrogens is 508 g/mol. The van der Waals surface area contributed by atoms with Crippen LogP contribution in [0.25, 0.3) is 11.1 Å². The van der Waals surface area contributed by atoms with Crippen molar-refractivity contribution in [1.82, 2.24) is 0 Å².